The third kappa shape index (κ3) is 4.94. The first-order valence-corrected chi connectivity index (χ1v) is 16.4. The smallest absolute Gasteiger partial charge is 0.164 e. The van der Waals surface area contributed by atoms with Crippen LogP contribution in [-0.4, -0.2) is 19.9 Å². The molecule has 0 aliphatic rings. The Morgan fingerprint density at radius 3 is 1.60 bits per heavy atom. The lowest BCUT2D eigenvalue weighted by molar-refractivity contribution is 1.08. The Bertz CT molecular complexity index is 2500. The number of hydrogen-bond acceptors (Lipinski definition) is 5. The fourth-order valence-electron chi connectivity index (χ4n) is 6.27. The highest BCUT2D eigenvalue weighted by Crippen LogP contribution is 2.39. The Labute approximate surface area is 275 Å². The van der Waals surface area contributed by atoms with E-state index >= 15 is 0 Å². The molecule has 0 amide bonds. The van der Waals surface area contributed by atoms with E-state index < -0.39 is 0 Å². The first-order chi connectivity index (χ1) is 23.3. The number of rotatable bonds is 5. The van der Waals surface area contributed by atoms with Gasteiger partial charge in [0, 0.05) is 27.6 Å². The Hall–Kier alpha value is -6.04. The summed E-state index contributed by atoms with van der Waals surface area (Å²) in [6, 6.07) is 54.6. The molecule has 9 rings (SSSR count). The van der Waals surface area contributed by atoms with Crippen molar-refractivity contribution in [3.63, 3.8) is 0 Å². The zero-order chi connectivity index (χ0) is 31.2. The topological polar surface area (TPSA) is 51.6 Å². The van der Waals surface area contributed by atoms with Crippen LogP contribution in [0.5, 0.6) is 0 Å². The predicted molar refractivity (Wildman–Crippen MR) is 195 cm³/mol. The molecular weight excluding hydrogens is 593 g/mol. The Morgan fingerprint density at radius 1 is 0.362 bits per heavy atom. The number of thiazole rings is 1. The summed E-state index contributed by atoms with van der Waals surface area (Å²) in [6.07, 6.45) is 0. The van der Waals surface area contributed by atoms with Crippen molar-refractivity contribution in [2.24, 2.45) is 0 Å². The van der Waals surface area contributed by atoms with Gasteiger partial charge in [0.05, 0.1) is 10.2 Å². The summed E-state index contributed by atoms with van der Waals surface area (Å²) in [6.45, 7) is 0. The summed E-state index contributed by atoms with van der Waals surface area (Å²) in [7, 11) is 0. The van der Waals surface area contributed by atoms with Gasteiger partial charge in [-0.1, -0.05) is 146 Å². The van der Waals surface area contributed by atoms with E-state index in [1.54, 1.807) is 11.3 Å². The first-order valence-electron chi connectivity index (χ1n) is 15.6. The van der Waals surface area contributed by atoms with Crippen molar-refractivity contribution >= 4 is 43.1 Å². The van der Waals surface area contributed by atoms with Crippen LogP contribution in [0.3, 0.4) is 0 Å². The molecule has 7 aromatic carbocycles. The SMILES string of the molecule is c1ccc(-c2nc(-c3ccccc3)nc(-c3cccc4c(-c5ccc6c(ccc7nc(-c8ccccc8)sc76)c5)cccc34)n2)cc1. The maximum atomic E-state index is 5.02. The lowest BCUT2D eigenvalue weighted by atomic mass is 9.94. The average molecular weight is 619 g/mol. The van der Waals surface area contributed by atoms with Crippen LogP contribution in [0.4, 0.5) is 0 Å². The summed E-state index contributed by atoms with van der Waals surface area (Å²) >= 11 is 1.75. The zero-order valence-electron chi connectivity index (χ0n) is 25.2. The first kappa shape index (κ1) is 27.3. The molecule has 2 aromatic heterocycles. The van der Waals surface area contributed by atoms with E-state index in [-0.39, 0.29) is 0 Å². The van der Waals surface area contributed by atoms with Crippen LogP contribution in [0.1, 0.15) is 0 Å². The monoisotopic (exact) mass is 618 g/mol. The van der Waals surface area contributed by atoms with Crippen LogP contribution < -0.4 is 0 Å². The quantitative estimate of drug-likeness (QED) is 0.193. The molecule has 5 heteroatoms. The van der Waals surface area contributed by atoms with Gasteiger partial charge in [0.15, 0.2) is 17.5 Å². The predicted octanol–water partition coefficient (Wildman–Crippen LogP) is 11.1. The Balaban J connectivity index is 1.18. The molecule has 0 N–H and O–H groups in total. The van der Waals surface area contributed by atoms with Crippen molar-refractivity contribution in [1.82, 2.24) is 19.9 Å². The second-order valence-electron chi connectivity index (χ2n) is 11.5. The molecule has 0 radical (unpaired) electrons. The van der Waals surface area contributed by atoms with Crippen molar-refractivity contribution < 1.29 is 0 Å². The normalized spacial score (nSPS) is 11.4. The molecule has 220 valence electrons. The third-order valence-corrected chi connectivity index (χ3v) is 9.72. The van der Waals surface area contributed by atoms with Gasteiger partial charge in [-0.3, -0.25) is 0 Å². The van der Waals surface area contributed by atoms with Crippen LogP contribution in [0.15, 0.2) is 158 Å². The second kappa shape index (κ2) is 11.4. The van der Waals surface area contributed by atoms with Crippen LogP contribution in [0.25, 0.3) is 87.6 Å². The van der Waals surface area contributed by atoms with Crippen LogP contribution in [0, 0.1) is 0 Å². The van der Waals surface area contributed by atoms with E-state index in [2.05, 4.69) is 91.0 Å². The minimum atomic E-state index is 0.653. The molecule has 0 bridgehead atoms. The number of fused-ring (bicyclic) bond motifs is 4. The van der Waals surface area contributed by atoms with E-state index in [0.29, 0.717) is 17.5 Å². The Morgan fingerprint density at radius 2 is 0.936 bits per heavy atom. The maximum Gasteiger partial charge on any atom is 0.164 e. The Kier molecular flexibility index (Phi) is 6.61. The van der Waals surface area contributed by atoms with Gasteiger partial charge < -0.3 is 0 Å². The molecule has 0 fully saturated rings. The van der Waals surface area contributed by atoms with Gasteiger partial charge in [0.2, 0.25) is 0 Å². The molecule has 0 saturated heterocycles. The van der Waals surface area contributed by atoms with Gasteiger partial charge >= 0.3 is 0 Å². The van der Waals surface area contributed by atoms with Gasteiger partial charge in [-0.05, 0) is 39.4 Å². The lowest BCUT2D eigenvalue weighted by Crippen LogP contribution is -2.00. The van der Waals surface area contributed by atoms with Crippen molar-refractivity contribution in [3.05, 3.63) is 158 Å². The largest absolute Gasteiger partial charge is 0.236 e. The van der Waals surface area contributed by atoms with Crippen molar-refractivity contribution in [2.75, 3.05) is 0 Å². The van der Waals surface area contributed by atoms with Gasteiger partial charge in [-0.15, -0.1) is 11.3 Å². The van der Waals surface area contributed by atoms with Crippen molar-refractivity contribution in [1.29, 1.82) is 0 Å². The number of aromatic nitrogens is 4. The minimum absolute atomic E-state index is 0.653. The third-order valence-electron chi connectivity index (χ3n) is 8.56. The fraction of sp³-hybridized carbons (Fsp3) is 0. The van der Waals surface area contributed by atoms with E-state index in [1.807, 2.05) is 66.7 Å². The zero-order valence-corrected chi connectivity index (χ0v) is 26.0. The minimum Gasteiger partial charge on any atom is -0.236 e. The molecule has 9 aromatic rings. The fourth-order valence-corrected chi connectivity index (χ4v) is 7.38. The average Bonchev–Trinajstić information content (AvgIpc) is 3.60. The highest BCUT2D eigenvalue weighted by atomic mass is 32.1. The molecule has 0 aliphatic carbocycles. The lowest BCUT2D eigenvalue weighted by Gasteiger charge is -2.13. The van der Waals surface area contributed by atoms with E-state index in [0.717, 1.165) is 49.1 Å². The van der Waals surface area contributed by atoms with Crippen molar-refractivity contribution in [3.8, 4) is 55.9 Å². The summed E-state index contributed by atoms with van der Waals surface area (Å²) < 4.78 is 1.21. The molecule has 2 heterocycles. The molecular formula is C42H26N4S. The molecule has 0 spiro atoms. The van der Waals surface area contributed by atoms with Crippen molar-refractivity contribution in [2.45, 2.75) is 0 Å². The number of benzene rings is 7. The standard InChI is InChI=1S/C42H26N4S/c1-4-12-27(13-5-1)39-44-40(28-14-6-2-7-15-28)46-41(45-39)36-21-11-19-34-32(18-10-20-35(34)36)30-22-24-33-31(26-30)23-25-37-38(33)47-42(43-37)29-16-8-3-9-17-29/h1-26H. The maximum absolute atomic E-state index is 5.02. The molecule has 0 atom stereocenters. The highest BCUT2D eigenvalue weighted by molar-refractivity contribution is 7.22. The highest BCUT2D eigenvalue weighted by Gasteiger charge is 2.16. The summed E-state index contributed by atoms with van der Waals surface area (Å²) in [5.74, 6) is 1.96. The molecule has 47 heavy (non-hydrogen) atoms. The van der Waals surface area contributed by atoms with E-state index in [9.17, 15) is 0 Å². The van der Waals surface area contributed by atoms with Gasteiger partial charge in [-0.2, -0.15) is 0 Å². The summed E-state index contributed by atoms with van der Waals surface area (Å²) in [5.41, 5.74) is 7.40. The van der Waals surface area contributed by atoms with Gasteiger partial charge in [0.25, 0.3) is 0 Å². The molecule has 0 unspecified atom stereocenters. The summed E-state index contributed by atoms with van der Waals surface area (Å²) in [4.78, 5) is 19.9. The summed E-state index contributed by atoms with van der Waals surface area (Å²) in [5, 5.41) is 5.71. The second-order valence-corrected chi connectivity index (χ2v) is 12.5. The van der Waals surface area contributed by atoms with Crippen LogP contribution in [-0.2, 0) is 0 Å². The molecule has 0 saturated carbocycles. The number of nitrogens with zero attached hydrogens (tertiary/aromatic N) is 4. The van der Waals surface area contributed by atoms with Gasteiger partial charge in [-0.25, -0.2) is 19.9 Å². The van der Waals surface area contributed by atoms with Crippen LogP contribution >= 0.6 is 11.3 Å². The number of hydrogen-bond donors (Lipinski definition) is 0. The van der Waals surface area contributed by atoms with Crippen LogP contribution in [0.2, 0.25) is 0 Å². The molecule has 0 aliphatic heterocycles. The van der Waals surface area contributed by atoms with E-state index in [1.165, 1.54) is 21.0 Å². The van der Waals surface area contributed by atoms with Gasteiger partial charge in [0.1, 0.15) is 5.01 Å². The van der Waals surface area contributed by atoms with E-state index in [4.69, 9.17) is 19.9 Å². The molecule has 4 nitrogen and oxygen atoms in total.